The molecular weight excluding hydrogens is 327 g/mol. The fraction of sp³-hybridized carbons (Fsp3) is 0.200. The van der Waals surface area contributed by atoms with Crippen LogP contribution in [-0.4, -0.2) is 21.7 Å². The Morgan fingerprint density at radius 3 is 2.65 bits per heavy atom. The average Bonchev–Trinajstić information content (AvgIpc) is 2.54. The number of nitro benzene ring substituents is 1. The van der Waals surface area contributed by atoms with Gasteiger partial charge in [-0.05, 0) is 35.4 Å². The zero-order chi connectivity index (χ0) is 17.0. The molecule has 122 valence electrons. The first-order chi connectivity index (χ1) is 10.9. The Balaban J connectivity index is 2.15. The van der Waals surface area contributed by atoms with Gasteiger partial charge in [-0.25, -0.2) is 4.39 Å². The fourth-order valence-corrected chi connectivity index (χ4v) is 2.14. The summed E-state index contributed by atoms with van der Waals surface area (Å²) in [5.41, 5.74) is 0.761. The van der Waals surface area contributed by atoms with Crippen molar-refractivity contribution >= 4 is 23.0 Å². The lowest BCUT2D eigenvalue weighted by Crippen LogP contribution is -2.13. The van der Waals surface area contributed by atoms with Crippen LogP contribution in [0.1, 0.15) is 17.2 Å². The minimum absolute atomic E-state index is 0.0554. The zero-order valence-corrected chi connectivity index (χ0v) is 12.6. The van der Waals surface area contributed by atoms with Crippen LogP contribution in [0.25, 0.3) is 0 Å². The lowest BCUT2D eigenvalue weighted by atomic mass is 10.1. The molecule has 0 aromatic heterocycles. The number of hydrogen-bond acceptors (Lipinski definition) is 5. The number of hydrogen-bond donors (Lipinski definition) is 3. The van der Waals surface area contributed by atoms with Crippen molar-refractivity contribution in [2.75, 3.05) is 11.9 Å². The number of nitro groups is 1. The molecule has 2 aromatic carbocycles. The van der Waals surface area contributed by atoms with Crippen molar-refractivity contribution in [1.82, 2.24) is 0 Å². The van der Waals surface area contributed by atoms with Crippen LogP contribution < -0.4 is 5.32 Å². The second-order valence-corrected chi connectivity index (χ2v) is 5.24. The predicted octanol–water partition coefficient (Wildman–Crippen LogP) is 3.03. The molecule has 8 heteroatoms. The number of benzene rings is 2. The summed E-state index contributed by atoms with van der Waals surface area (Å²) in [6.07, 6.45) is -1.08. The van der Waals surface area contributed by atoms with E-state index in [-0.39, 0.29) is 29.5 Å². The van der Waals surface area contributed by atoms with E-state index in [1.165, 1.54) is 30.3 Å². The number of rotatable bonds is 6. The highest BCUT2D eigenvalue weighted by atomic mass is 35.5. The molecule has 3 N–H and O–H groups in total. The Morgan fingerprint density at radius 2 is 2.04 bits per heavy atom. The lowest BCUT2D eigenvalue weighted by Gasteiger charge is -2.14. The van der Waals surface area contributed by atoms with Gasteiger partial charge in [0.1, 0.15) is 11.5 Å². The van der Waals surface area contributed by atoms with E-state index in [2.05, 4.69) is 5.32 Å². The van der Waals surface area contributed by atoms with Gasteiger partial charge in [-0.2, -0.15) is 0 Å². The van der Waals surface area contributed by atoms with Crippen LogP contribution in [-0.2, 0) is 6.61 Å². The second kappa shape index (κ2) is 7.36. The van der Waals surface area contributed by atoms with Crippen LogP contribution in [0.15, 0.2) is 36.4 Å². The maximum atomic E-state index is 13.4. The number of aliphatic hydroxyl groups is 2. The van der Waals surface area contributed by atoms with Crippen molar-refractivity contribution in [3.05, 3.63) is 68.5 Å². The largest absolute Gasteiger partial charge is 0.392 e. The van der Waals surface area contributed by atoms with E-state index >= 15 is 0 Å². The molecule has 0 bridgehead atoms. The highest BCUT2D eigenvalue weighted by Crippen LogP contribution is 2.27. The van der Waals surface area contributed by atoms with Crippen LogP contribution in [0.2, 0.25) is 5.02 Å². The van der Waals surface area contributed by atoms with Crippen LogP contribution in [0, 0.1) is 15.9 Å². The third-order valence-corrected chi connectivity index (χ3v) is 3.56. The third-order valence-electron chi connectivity index (χ3n) is 3.25. The zero-order valence-electron chi connectivity index (χ0n) is 11.9. The molecule has 0 aliphatic heterocycles. The van der Waals surface area contributed by atoms with Gasteiger partial charge < -0.3 is 15.5 Å². The normalized spacial score (nSPS) is 12.0. The van der Waals surface area contributed by atoms with E-state index in [4.69, 9.17) is 16.7 Å². The third kappa shape index (κ3) is 4.16. The summed E-state index contributed by atoms with van der Waals surface area (Å²) >= 11 is 5.58. The molecule has 0 radical (unpaired) electrons. The minimum Gasteiger partial charge on any atom is -0.392 e. The molecule has 0 saturated carbocycles. The first-order valence-corrected chi connectivity index (χ1v) is 7.05. The van der Waals surface area contributed by atoms with Crippen molar-refractivity contribution < 1.29 is 19.5 Å². The summed E-state index contributed by atoms with van der Waals surface area (Å²) in [5, 5.41) is 32.8. The van der Waals surface area contributed by atoms with Crippen molar-refractivity contribution in [3.63, 3.8) is 0 Å². The van der Waals surface area contributed by atoms with Crippen LogP contribution in [0.3, 0.4) is 0 Å². The first kappa shape index (κ1) is 17.1. The Labute approximate surface area is 136 Å². The number of halogens is 2. The molecule has 0 heterocycles. The molecule has 0 fully saturated rings. The first-order valence-electron chi connectivity index (χ1n) is 6.67. The molecule has 23 heavy (non-hydrogen) atoms. The molecular formula is C15H14ClFN2O4. The van der Waals surface area contributed by atoms with E-state index in [0.29, 0.717) is 11.1 Å². The van der Waals surface area contributed by atoms with Crippen molar-refractivity contribution in [2.24, 2.45) is 0 Å². The van der Waals surface area contributed by atoms with Gasteiger partial charge in [0, 0.05) is 12.6 Å². The molecule has 0 saturated heterocycles. The highest BCUT2D eigenvalue weighted by molar-refractivity contribution is 6.30. The monoisotopic (exact) mass is 340 g/mol. The number of anilines is 1. The maximum absolute atomic E-state index is 13.4. The summed E-state index contributed by atoms with van der Waals surface area (Å²) in [6, 6.07) is 8.03. The van der Waals surface area contributed by atoms with Crippen LogP contribution in [0.5, 0.6) is 0 Å². The molecule has 0 amide bonds. The molecule has 0 spiro atoms. The van der Waals surface area contributed by atoms with Gasteiger partial charge in [0.05, 0.1) is 22.7 Å². The van der Waals surface area contributed by atoms with E-state index in [9.17, 15) is 19.6 Å². The van der Waals surface area contributed by atoms with Crippen molar-refractivity contribution in [2.45, 2.75) is 12.7 Å². The molecule has 6 nitrogen and oxygen atoms in total. The van der Waals surface area contributed by atoms with E-state index in [0.717, 1.165) is 6.07 Å². The Hall–Kier alpha value is -2.22. The smallest absolute Gasteiger partial charge is 0.292 e. The van der Waals surface area contributed by atoms with E-state index in [1.807, 2.05) is 0 Å². The van der Waals surface area contributed by atoms with Crippen LogP contribution in [0.4, 0.5) is 15.8 Å². The van der Waals surface area contributed by atoms with Crippen LogP contribution >= 0.6 is 11.6 Å². The topological polar surface area (TPSA) is 95.6 Å². The molecule has 2 rings (SSSR count). The number of aliphatic hydroxyl groups excluding tert-OH is 2. The minimum atomic E-state index is -1.08. The fourth-order valence-electron chi connectivity index (χ4n) is 2.03. The predicted molar refractivity (Wildman–Crippen MR) is 83.9 cm³/mol. The molecule has 0 aliphatic rings. The number of nitrogens with one attached hydrogen (secondary N) is 1. The lowest BCUT2D eigenvalue weighted by molar-refractivity contribution is -0.384. The Morgan fingerprint density at radius 1 is 1.30 bits per heavy atom. The van der Waals surface area contributed by atoms with Gasteiger partial charge in [0.2, 0.25) is 0 Å². The van der Waals surface area contributed by atoms with Crippen molar-refractivity contribution in [1.29, 1.82) is 0 Å². The van der Waals surface area contributed by atoms with E-state index < -0.39 is 16.8 Å². The molecule has 0 aliphatic carbocycles. The quantitative estimate of drug-likeness (QED) is 0.555. The second-order valence-electron chi connectivity index (χ2n) is 4.84. The summed E-state index contributed by atoms with van der Waals surface area (Å²) in [4.78, 5) is 10.4. The average molecular weight is 341 g/mol. The summed E-state index contributed by atoms with van der Waals surface area (Å²) in [7, 11) is 0. The van der Waals surface area contributed by atoms with Gasteiger partial charge in [-0.3, -0.25) is 10.1 Å². The molecule has 1 unspecified atom stereocenters. The summed E-state index contributed by atoms with van der Waals surface area (Å²) < 4.78 is 13.4. The summed E-state index contributed by atoms with van der Waals surface area (Å²) in [5.74, 6) is -0.656. The van der Waals surface area contributed by atoms with Crippen molar-refractivity contribution in [3.8, 4) is 0 Å². The number of nitrogens with zero attached hydrogens (tertiary/aromatic N) is 1. The Bertz CT molecular complexity index is 727. The van der Waals surface area contributed by atoms with E-state index in [1.54, 1.807) is 0 Å². The standard InChI is InChI=1S/C15H14ClFN2O4/c16-11-3-2-10(6-12(11)17)15(21)7-18-13-5-9(8-20)1-4-14(13)19(22)23/h1-6,15,18,20-21H,7-8H2. The molecule has 1 atom stereocenters. The highest BCUT2D eigenvalue weighted by Gasteiger charge is 2.16. The van der Waals surface area contributed by atoms with Gasteiger partial charge in [0.15, 0.2) is 0 Å². The SMILES string of the molecule is O=[N+]([O-])c1ccc(CO)cc1NCC(O)c1ccc(Cl)c(F)c1. The van der Waals surface area contributed by atoms with Gasteiger partial charge in [0.25, 0.3) is 5.69 Å². The van der Waals surface area contributed by atoms with Gasteiger partial charge in [-0.1, -0.05) is 17.7 Å². The maximum Gasteiger partial charge on any atom is 0.292 e. The molecule has 2 aromatic rings. The summed E-state index contributed by atoms with van der Waals surface area (Å²) in [6.45, 7) is -0.339. The van der Waals surface area contributed by atoms with Gasteiger partial charge in [-0.15, -0.1) is 0 Å². The van der Waals surface area contributed by atoms with Gasteiger partial charge >= 0.3 is 0 Å². The Kier molecular flexibility index (Phi) is 5.49.